The number of hydrogen-bond acceptors (Lipinski definition) is 7. The number of amides is 1. The first-order valence-electron chi connectivity index (χ1n) is 7.99. The van der Waals surface area contributed by atoms with Crippen molar-refractivity contribution in [3.63, 3.8) is 0 Å². The third kappa shape index (κ3) is 3.20. The topological polar surface area (TPSA) is 132 Å². The summed E-state index contributed by atoms with van der Waals surface area (Å²) in [6, 6.07) is 4.07. The number of aromatic nitrogens is 4. The Morgan fingerprint density at radius 3 is 2.76 bits per heavy atom. The van der Waals surface area contributed by atoms with Crippen molar-refractivity contribution in [2.45, 2.75) is 6.18 Å². The number of nitrogens with zero attached hydrogens (tertiary/aromatic N) is 4. The number of nitrogens with one attached hydrogen (secondary N) is 1. The largest absolute Gasteiger partial charge is 0.507 e. The van der Waals surface area contributed by atoms with E-state index in [1.54, 1.807) is 0 Å². The van der Waals surface area contributed by atoms with Gasteiger partial charge >= 0.3 is 6.18 Å². The van der Waals surface area contributed by atoms with Crippen molar-refractivity contribution in [1.29, 1.82) is 0 Å². The Hall–Kier alpha value is -4.09. The molecule has 0 radical (unpaired) electrons. The second-order valence-electron chi connectivity index (χ2n) is 5.91. The maximum atomic E-state index is 13.1. The van der Waals surface area contributed by atoms with Gasteiger partial charge in [-0.05, 0) is 12.1 Å². The second-order valence-corrected chi connectivity index (χ2v) is 5.91. The Morgan fingerprint density at radius 2 is 2.07 bits per heavy atom. The number of alkyl halides is 3. The third-order valence-corrected chi connectivity index (χ3v) is 4.07. The average molecular weight is 404 g/mol. The molecule has 0 unspecified atom stereocenters. The van der Waals surface area contributed by atoms with Crippen molar-refractivity contribution in [1.82, 2.24) is 19.5 Å². The van der Waals surface area contributed by atoms with E-state index in [4.69, 9.17) is 5.73 Å². The Morgan fingerprint density at radius 1 is 1.28 bits per heavy atom. The van der Waals surface area contributed by atoms with Gasteiger partial charge in [-0.25, -0.2) is 9.97 Å². The van der Waals surface area contributed by atoms with Gasteiger partial charge in [0.1, 0.15) is 12.0 Å². The van der Waals surface area contributed by atoms with E-state index in [9.17, 15) is 23.1 Å². The van der Waals surface area contributed by atoms with E-state index >= 15 is 0 Å². The Kier molecular flexibility index (Phi) is 4.10. The molecule has 4 rings (SSSR count). The minimum atomic E-state index is -4.69. The van der Waals surface area contributed by atoms with Crippen LogP contribution in [0.25, 0.3) is 16.9 Å². The van der Waals surface area contributed by atoms with Gasteiger partial charge in [0.25, 0.3) is 5.91 Å². The highest BCUT2D eigenvalue weighted by Crippen LogP contribution is 2.36. The predicted molar refractivity (Wildman–Crippen MR) is 93.4 cm³/mol. The monoisotopic (exact) mass is 404 g/mol. The Bertz CT molecular complexity index is 1230. The molecule has 0 aliphatic carbocycles. The maximum Gasteiger partial charge on any atom is 0.437 e. The van der Waals surface area contributed by atoms with Crippen LogP contribution in [0, 0.1) is 0 Å². The highest BCUT2D eigenvalue weighted by Gasteiger charge is 2.38. The van der Waals surface area contributed by atoms with E-state index in [2.05, 4.69) is 25.0 Å². The van der Waals surface area contributed by atoms with Crippen molar-refractivity contribution < 1.29 is 27.6 Å². The summed E-state index contributed by atoms with van der Waals surface area (Å²) in [5.74, 6) is -0.922. The fraction of sp³-hybridized carbons (Fsp3) is 0.0588. The smallest absolute Gasteiger partial charge is 0.437 e. The molecule has 0 aliphatic heterocycles. The lowest BCUT2D eigenvalue weighted by atomic mass is 10.1. The number of anilines is 2. The summed E-state index contributed by atoms with van der Waals surface area (Å²) in [6.07, 6.45) is 0.223. The third-order valence-electron chi connectivity index (χ3n) is 4.07. The van der Waals surface area contributed by atoms with Crippen LogP contribution in [-0.4, -0.2) is 30.5 Å². The highest BCUT2D eigenvalue weighted by molar-refractivity contribution is 5.96. The number of carbonyl (C=O) groups is 1. The molecule has 1 amide bonds. The first-order valence-corrected chi connectivity index (χ1v) is 7.99. The summed E-state index contributed by atoms with van der Waals surface area (Å²) < 4.78 is 45.3. The number of rotatable bonds is 4. The number of phenols is 1. The lowest BCUT2D eigenvalue weighted by Crippen LogP contribution is -2.11. The number of imidazole rings is 1. The van der Waals surface area contributed by atoms with Crippen molar-refractivity contribution in [3.05, 3.63) is 54.3 Å². The standard InChI is InChI=1S/C17H11F3N6O3/c18-17(19,20)13-10(7-29-25-13)11-6-23-16-15(22-3-4-26(11)16)24-8-1-2-9(14(21)28)12(27)5-8/h1-7,27H,(H2,21,28)(H,22,24). The van der Waals surface area contributed by atoms with Gasteiger partial charge in [-0.1, -0.05) is 5.16 Å². The van der Waals surface area contributed by atoms with Crippen LogP contribution in [0.15, 0.2) is 47.6 Å². The minimum Gasteiger partial charge on any atom is -0.507 e. The average Bonchev–Trinajstić information content (AvgIpc) is 3.28. The van der Waals surface area contributed by atoms with Crippen LogP contribution in [0.1, 0.15) is 16.1 Å². The van der Waals surface area contributed by atoms with Crippen LogP contribution in [-0.2, 0) is 6.18 Å². The summed E-state index contributed by atoms with van der Waals surface area (Å²) in [6.45, 7) is 0. The zero-order valence-corrected chi connectivity index (χ0v) is 14.3. The van der Waals surface area contributed by atoms with E-state index in [-0.39, 0.29) is 34.0 Å². The molecule has 4 aromatic rings. The zero-order valence-electron chi connectivity index (χ0n) is 14.3. The molecule has 0 atom stereocenters. The van der Waals surface area contributed by atoms with E-state index in [0.29, 0.717) is 5.69 Å². The number of halogens is 3. The van der Waals surface area contributed by atoms with E-state index in [1.165, 1.54) is 41.2 Å². The number of hydrogen-bond donors (Lipinski definition) is 3. The van der Waals surface area contributed by atoms with Crippen LogP contribution in [0.4, 0.5) is 24.7 Å². The molecule has 3 heterocycles. The van der Waals surface area contributed by atoms with Crippen molar-refractivity contribution >= 4 is 23.1 Å². The Labute approximate surface area is 159 Å². The van der Waals surface area contributed by atoms with Gasteiger partial charge in [-0.3, -0.25) is 9.20 Å². The molecule has 29 heavy (non-hydrogen) atoms. The number of benzene rings is 1. The molecule has 0 aliphatic rings. The van der Waals surface area contributed by atoms with Gasteiger partial charge < -0.3 is 20.7 Å². The first kappa shape index (κ1) is 18.3. The van der Waals surface area contributed by atoms with Crippen molar-refractivity contribution in [3.8, 4) is 17.0 Å². The zero-order chi connectivity index (χ0) is 20.8. The maximum absolute atomic E-state index is 13.1. The molecule has 1 aromatic carbocycles. The van der Waals surface area contributed by atoms with Gasteiger partial charge in [0.05, 0.1) is 23.0 Å². The van der Waals surface area contributed by atoms with Crippen molar-refractivity contribution in [2.24, 2.45) is 5.73 Å². The lowest BCUT2D eigenvalue weighted by molar-refractivity contribution is -0.142. The number of fused-ring (bicyclic) bond motifs is 1. The van der Waals surface area contributed by atoms with E-state index in [0.717, 1.165) is 6.26 Å². The molecular formula is C17H11F3N6O3. The van der Waals surface area contributed by atoms with Gasteiger partial charge in [-0.2, -0.15) is 13.2 Å². The molecular weight excluding hydrogens is 393 g/mol. The molecule has 0 spiro atoms. The predicted octanol–water partition coefficient (Wildman–Crippen LogP) is 2.95. The van der Waals surface area contributed by atoms with Gasteiger partial charge in [0.2, 0.25) is 0 Å². The van der Waals surface area contributed by atoms with E-state index in [1.807, 2.05) is 0 Å². The number of aromatic hydroxyl groups is 1. The first-order chi connectivity index (χ1) is 13.8. The second kappa shape index (κ2) is 6.51. The quantitative estimate of drug-likeness (QED) is 0.476. The van der Waals surface area contributed by atoms with Crippen LogP contribution < -0.4 is 11.1 Å². The van der Waals surface area contributed by atoms with Crippen LogP contribution in [0.3, 0.4) is 0 Å². The van der Waals surface area contributed by atoms with Crippen molar-refractivity contribution in [2.75, 3.05) is 5.32 Å². The van der Waals surface area contributed by atoms with Gasteiger partial charge in [0, 0.05) is 24.1 Å². The summed E-state index contributed by atoms with van der Waals surface area (Å²) in [5, 5.41) is 15.8. The fourth-order valence-electron chi connectivity index (χ4n) is 2.78. The molecule has 12 heteroatoms. The molecule has 0 bridgehead atoms. The highest BCUT2D eigenvalue weighted by atomic mass is 19.4. The van der Waals surface area contributed by atoms with Crippen LogP contribution in [0.2, 0.25) is 0 Å². The minimum absolute atomic E-state index is 0.0584. The molecule has 9 nitrogen and oxygen atoms in total. The lowest BCUT2D eigenvalue weighted by Gasteiger charge is -2.09. The van der Waals surface area contributed by atoms with Gasteiger partial charge in [0.15, 0.2) is 17.2 Å². The number of carbonyl (C=O) groups excluding carboxylic acids is 1. The summed E-state index contributed by atoms with van der Waals surface area (Å²) in [5.41, 5.74) is 4.33. The molecule has 3 aromatic heterocycles. The van der Waals surface area contributed by atoms with Crippen LogP contribution >= 0.6 is 0 Å². The number of primary amides is 1. The number of nitrogens with two attached hydrogens (primary N) is 1. The summed E-state index contributed by atoms with van der Waals surface area (Å²) in [4.78, 5) is 19.5. The molecule has 148 valence electrons. The SMILES string of the molecule is NC(=O)c1ccc(Nc2nccn3c(-c4conc4C(F)(F)F)cnc23)cc1O. The van der Waals surface area contributed by atoms with E-state index < -0.39 is 17.8 Å². The summed E-state index contributed by atoms with van der Waals surface area (Å²) in [7, 11) is 0. The fourth-order valence-corrected chi connectivity index (χ4v) is 2.78. The molecule has 0 fully saturated rings. The molecule has 0 saturated carbocycles. The summed E-state index contributed by atoms with van der Waals surface area (Å²) >= 11 is 0. The normalized spacial score (nSPS) is 11.7. The van der Waals surface area contributed by atoms with Gasteiger partial charge in [-0.15, -0.1) is 0 Å². The molecule has 4 N–H and O–H groups in total. The Balaban J connectivity index is 1.75. The van der Waals surface area contributed by atoms with Crippen LogP contribution in [0.5, 0.6) is 5.75 Å². The molecule has 0 saturated heterocycles.